The normalized spacial score (nSPS) is 14.4. The van der Waals surface area contributed by atoms with E-state index >= 15 is 0 Å². The first-order valence-corrected chi connectivity index (χ1v) is 11.2. The van der Waals surface area contributed by atoms with Crippen molar-refractivity contribution < 1.29 is 13.2 Å². The molecular formula is C19H16IN5O3S. The Morgan fingerprint density at radius 3 is 2.79 bits per heavy atom. The van der Waals surface area contributed by atoms with Gasteiger partial charge in [0.2, 0.25) is 5.84 Å². The molecule has 8 nitrogen and oxygen atoms in total. The van der Waals surface area contributed by atoms with Gasteiger partial charge in [0.1, 0.15) is 4.90 Å². The van der Waals surface area contributed by atoms with Crippen molar-refractivity contribution in [2.24, 2.45) is 4.40 Å². The number of halogens is 1. The van der Waals surface area contributed by atoms with Crippen molar-refractivity contribution in [3.05, 3.63) is 70.1 Å². The molecule has 10 heteroatoms. The van der Waals surface area contributed by atoms with Gasteiger partial charge in [-0.1, -0.05) is 18.2 Å². The van der Waals surface area contributed by atoms with Gasteiger partial charge in [-0.05, 0) is 64.9 Å². The lowest BCUT2D eigenvalue weighted by Gasteiger charge is -2.18. The number of hydrogen-bond donors (Lipinski definition) is 2. The van der Waals surface area contributed by atoms with Gasteiger partial charge in [0.15, 0.2) is 0 Å². The van der Waals surface area contributed by atoms with E-state index in [1.807, 2.05) is 59.1 Å². The predicted molar refractivity (Wildman–Crippen MR) is 118 cm³/mol. The molecule has 0 spiro atoms. The Morgan fingerprint density at radius 1 is 1.17 bits per heavy atom. The molecule has 1 aliphatic rings. The summed E-state index contributed by atoms with van der Waals surface area (Å²) in [5.41, 5.74) is 2.27. The van der Waals surface area contributed by atoms with Crippen molar-refractivity contribution in [3.8, 4) is 5.69 Å². The largest absolute Gasteiger partial charge is 0.349 e. The Balaban J connectivity index is 1.46. The summed E-state index contributed by atoms with van der Waals surface area (Å²) in [6.07, 6.45) is 4.10. The number of aromatic nitrogens is 2. The highest BCUT2D eigenvalue weighted by Gasteiger charge is 2.28. The Kier molecular flexibility index (Phi) is 5.37. The Labute approximate surface area is 181 Å². The molecule has 1 aliphatic heterocycles. The van der Waals surface area contributed by atoms with Crippen LogP contribution >= 0.6 is 22.6 Å². The lowest BCUT2D eigenvalue weighted by Crippen LogP contribution is -2.39. The number of amidine groups is 1. The van der Waals surface area contributed by atoms with Gasteiger partial charge >= 0.3 is 0 Å². The number of carbonyl (C=O) groups excluding carboxylic acids is 1. The number of nitrogens with one attached hydrogen (secondary N) is 2. The Hall–Kier alpha value is -2.73. The SMILES string of the molecule is O=C(NCCc1ccccc1-n1cccn1)C1=NS(=O)(=O)c2cc(I)ccc2N1. The first-order valence-electron chi connectivity index (χ1n) is 8.72. The summed E-state index contributed by atoms with van der Waals surface area (Å²) in [6, 6.07) is 14.5. The van der Waals surface area contributed by atoms with Gasteiger partial charge < -0.3 is 10.6 Å². The van der Waals surface area contributed by atoms with Gasteiger partial charge in [-0.3, -0.25) is 4.79 Å². The number of fused-ring (bicyclic) bond motifs is 1. The topological polar surface area (TPSA) is 105 Å². The molecule has 0 atom stereocenters. The predicted octanol–water partition coefficient (Wildman–Crippen LogP) is 2.35. The van der Waals surface area contributed by atoms with E-state index in [4.69, 9.17) is 0 Å². The van der Waals surface area contributed by atoms with Crippen molar-refractivity contribution in [1.29, 1.82) is 0 Å². The summed E-state index contributed by atoms with van der Waals surface area (Å²) < 4.78 is 30.9. The number of para-hydroxylation sites is 1. The number of carbonyl (C=O) groups is 1. The molecule has 0 unspecified atom stereocenters. The van der Waals surface area contributed by atoms with Crippen molar-refractivity contribution in [2.75, 3.05) is 11.9 Å². The Morgan fingerprint density at radius 2 is 2.00 bits per heavy atom. The fourth-order valence-corrected chi connectivity index (χ4v) is 4.82. The van der Waals surface area contributed by atoms with Crippen LogP contribution in [-0.4, -0.2) is 36.5 Å². The maximum absolute atomic E-state index is 12.5. The zero-order chi connectivity index (χ0) is 20.4. The standard InChI is InChI=1S/C19H16IN5O3S/c20-14-6-7-15-17(12-14)29(27,28)24-18(23-15)19(26)21-10-8-13-4-1-2-5-16(13)25-11-3-9-22-25/h1-7,9,11-12H,8,10H2,(H,21,26)(H,23,24). The molecule has 1 amide bonds. The average molecular weight is 521 g/mol. The Bertz CT molecular complexity index is 1210. The van der Waals surface area contributed by atoms with Gasteiger partial charge in [0.05, 0.1) is 11.4 Å². The molecule has 2 aromatic carbocycles. The van der Waals surface area contributed by atoms with Gasteiger partial charge in [-0.2, -0.15) is 13.5 Å². The van der Waals surface area contributed by atoms with Crippen LogP contribution in [0.25, 0.3) is 5.69 Å². The van der Waals surface area contributed by atoms with Crippen LogP contribution in [0.1, 0.15) is 5.56 Å². The minimum absolute atomic E-state index is 0.0640. The van der Waals surface area contributed by atoms with E-state index < -0.39 is 15.9 Å². The molecule has 29 heavy (non-hydrogen) atoms. The van der Waals surface area contributed by atoms with Crippen LogP contribution in [0.15, 0.2) is 70.2 Å². The molecule has 4 rings (SSSR count). The second-order valence-electron chi connectivity index (χ2n) is 6.27. The molecule has 0 fully saturated rings. The molecule has 0 saturated heterocycles. The monoisotopic (exact) mass is 521 g/mol. The minimum atomic E-state index is -3.92. The van der Waals surface area contributed by atoms with E-state index in [0.29, 0.717) is 18.7 Å². The maximum Gasteiger partial charge on any atom is 0.287 e. The lowest BCUT2D eigenvalue weighted by molar-refractivity contribution is -0.114. The highest BCUT2D eigenvalue weighted by atomic mass is 127. The maximum atomic E-state index is 12.5. The first kappa shape index (κ1) is 19.6. The average Bonchev–Trinajstić information content (AvgIpc) is 3.23. The van der Waals surface area contributed by atoms with Crippen LogP contribution in [0.3, 0.4) is 0 Å². The summed E-state index contributed by atoms with van der Waals surface area (Å²) in [5.74, 6) is -0.812. The number of anilines is 1. The van der Waals surface area contributed by atoms with E-state index in [1.54, 1.807) is 23.0 Å². The number of sulfonamides is 1. The fraction of sp³-hybridized carbons (Fsp3) is 0.105. The van der Waals surface area contributed by atoms with Crippen molar-refractivity contribution in [1.82, 2.24) is 15.1 Å². The van der Waals surface area contributed by atoms with E-state index in [-0.39, 0.29) is 10.7 Å². The number of amides is 1. The molecule has 1 aromatic heterocycles. The fourth-order valence-electron chi connectivity index (χ4n) is 2.98. The smallest absolute Gasteiger partial charge is 0.287 e. The third-order valence-electron chi connectivity index (χ3n) is 4.32. The molecule has 0 radical (unpaired) electrons. The molecular weight excluding hydrogens is 505 g/mol. The summed E-state index contributed by atoms with van der Waals surface area (Å²) in [6.45, 7) is 0.317. The summed E-state index contributed by atoms with van der Waals surface area (Å²) in [5, 5.41) is 9.77. The highest BCUT2D eigenvalue weighted by Crippen LogP contribution is 2.28. The minimum Gasteiger partial charge on any atom is -0.349 e. The van der Waals surface area contributed by atoms with Crippen LogP contribution in [-0.2, 0) is 21.2 Å². The number of rotatable bonds is 5. The second-order valence-corrected chi connectivity index (χ2v) is 9.08. The van der Waals surface area contributed by atoms with Crippen molar-refractivity contribution in [3.63, 3.8) is 0 Å². The van der Waals surface area contributed by atoms with E-state index in [1.165, 1.54) is 6.07 Å². The quantitative estimate of drug-likeness (QED) is 0.502. The summed E-state index contributed by atoms with van der Waals surface area (Å²) >= 11 is 2.03. The van der Waals surface area contributed by atoms with Crippen LogP contribution in [0.4, 0.5) is 5.69 Å². The highest BCUT2D eigenvalue weighted by molar-refractivity contribution is 14.1. The zero-order valence-corrected chi connectivity index (χ0v) is 18.0. The molecule has 148 valence electrons. The zero-order valence-electron chi connectivity index (χ0n) is 15.0. The second kappa shape index (κ2) is 7.95. The molecule has 3 aromatic rings. The molecule has 0 aliphatic carbocycles. The van der Waals surface area contributed by atoms with Crippen molar-refractivity contribution >= 4 is 50.0 Å². The number of nitrogens with zero attached hydrogens (tertiary/aromatic N) is 3. The van der Waals surface area contributed by atoms with E-state index in [9.17, 15) is 13.2 Å². The third-order valence-corrected chi connectivity index (χ3v) is 6.31. The first-order chi connectivity index (χ1) is 13.9. The molecule has 0 bridgehead atoms. The summed E-state index contributed by atoms with van der Waals surface area (Å²) in [7, 11) is -3.92. The molecule has 0 saturated carbocycles. The number of benzene rings is 2. The molecule has 2 heterocycles. The van der Waals surface area contributed by atoms with Gasteiger partial charge in [0, 0.05) is 22.5 Å². The van der Waals surface area contributed by atoms with E-state index in [2.05, 4.69) is 20.1 Å². The summed E-state index contributed by atoms with van der Waals surface area (Å²) in [4.78, 5) is 12.5. The van der Waals surface area contributed by atoms with Gasteiger partial charge in [-0.25, -0.2) is 4.68 Å². The van der Waals surface area contributed by atoms with Crippen molar-refractivity contribution in [2.45, 2.75) is 11.3 Å². The van der Waals surface area contributed by atoms with Crippen LogP contribution < -0.4 is 10.6 Å². The van der Waals surface area contributed by atoms with Crippen LogP contribution in [0, 0.1) is 3.57 Å². The van der Waals surface area contributed by atoms with Crippen LogP contribution in [0.2, 0.25) is 0 Å². The lowest BCUT2D eigenvalue weighted by atomic mass is 10.1. The third kappa shape index (κ3) is 4.17. The van der Waals surface area contributed by atoms with Gasteiger partial charge in [0.25, 0.3) is 15.9 Å². The molecule has 2 N–H and O–H groups in total. The van der Waals surface area contributed by atoms with E-state index in [0.717, 1.165) is 14.8 Å². The number of hydrogen-bond acceptors (Lipinski definition) is 5. The van der Waals surface area contributed by atoms with Crippen LogP contribution in [0.5, 0.6) is 0 Å². The van der Waals surface area contributed by atoms with Gasteiger partial charge in [-0.15, -0.1) is 4.40 Å².